The van der Waals surface area contributed by atoms with Gasteiger partial charge in [-0.1, -0.05) is 23.7 Å². The molecule has 1 N–H and O–H groups in total. The Morgan fingerprint density at radius 3 is 2.50 bits per heavy atom. The van der Waals surface area contributed by atoms with Crippen molar-refractivity contribution < 1.29 is 8.42 Å². The zero-order valence-electron chi connectivity index (χ0n) is 9.62. The van der Waals surface area contributed by atoms with Crippen molar-refractivity contribution in [3.8, 4) is 0 Å². The van der Waals surface area contributed by atoms with Gasteiger partial charge in [0.25, 0.3) is 0 Å². The second-order valence-electron chi connectivity index (χ2n) is 3.94. The molecule has 0 saturated heterocycles. The van der Waals surface area contributed by atoms with Gasteiger partial charge in [-0.2, -0.15) is 0 Å². The molecule has 0 heterocycles. The fraction of sp³-hybridized carbons (Fsp3) is 0.455. The van der Waals surface area contributed by atoms with Crippen LogP contribution < -0.4 is 5.32 Å². The first-order valence-corrected chi connectivity index (χ1v) is 7.38. The molecule has 0 aliphatic carbocycles. The van der Waals surface area contributed by atoms with Crippen LogP contribution in [0, 0.1) is 6.92 Å². The van der Waals surface area contributed by atoms with E-state index in [9.17, 15) is 8.42 Å². The predicted molar refractivity (Wildman–Crippen MR) is 67.7 cm³/mol. The van der Waals surface area contributed by atoms with Gasteiger partial charge in [-0.15, -0.1) is 0 Å². The third kappa shape index (κ3) is 3.77. The molecule has 0 aromatic heterocycles. The van der Waals surface area contributed by atoms with Gasteiger partial charge >= 0.3 is 0 Å². The molecule has 5 heteroatoms. The highest BCUT2D eigenvalue weighted by Crippen LogP contribution is 2.22. The van der Waals surface area contributed by atoms with Crippen molar-refractivity contribution in [2.75, 3.05) is 19.1 Å². The molecular weight excluding hydrogens is 246 g/mol. The fourth-order valence-corrected chi connectivity index (χ4v) is 2.63. The Bertz CT molecular complexity index is 471. The number of halogens is 1. The number of benzene rings is 1. The second-order valence-corrected chi connectivity index (χ2v) is 6.53. The van der Waals surface area contributed by atoms with Gasteiger partial charge < -0.3 is 5.32 Å². The van der Waals surface area contributed by atoms with Crippen LogP contribution >= 0.6 is 11.6 Å². The van der Waals surface area contributed by atoms with Gasteiger partial charge in [0.2, 0.25) is 0 Å². The lowest BCUT2D eigenvalue weighted by molar-refractivity contribution is 0.579. The Balaban J connectivity index is 3.00. The van der Waals surface area contributed by atoms with Gasteiger partial charge in [0.05, 0.1) is 5.75 Å². The Morgan fingerprint density at radius 1 is 1.44 bits per heavy atom. The SMILES string of the molecule is CNC(CS(C)(=O)=O)c1ccc(C)c(Cl)c1. The highest BCUT2D eigenvalue weighted by atomic mass is 35.5. The molecule has 0 radical (unpaired) electrons. The topological polar surface area (TPSA) is 46.2 Å². The van der Waals surface area contributed by atoms with Crippen LogP contribution in [0.15, 0.2) is 18.2 Å². The number of sulfone groups is 1. The average molecular weight is 262 g/mol. The normalized spacial score (nSPS) is 13.8. The van der Waals surface area contributed by atoms with Crippen LogP contribution in [0.4, 0.5) is 0 Å². The molecule has 1 atom stereocenters. The van der Waals surface area contributed by atoms with E-state index in [0.29, 0.717) is 5.02 Å². The highest BCUT2D eigenvalue weighted by molar-refractivity contribution is 7.90. The van der Waals surface area contributed by atoms with Crippen LogP contribution in [0.25, 0.3) is 0 Å². The minimum atomic E-state index is -3.01. The van der Waals surface area contributed by atoms with E-state index in [0.717, 1.165) is 11.1 Å². The van der Waals surface area contributed by atoms with Gasteiger partial charge in [0.15, 0.2) is 0 Å². The molecule has 1 rings (SSSR count). The van der Waals surface area contributed by atoms with Crippen molar-refractivity contribution in [2.45, 2.75) is 13.0 Å². The Labute approximate surface area is 102 Å². The number of aryl methyl sites for hydroxylation is 1. The number of rotatable bonds is 4. The average Bonchev–Trinajstić information content (AvgIpc) is 2.17. The van der Waals surface area contributed by atoms with Crippen molar-refractivity contribution in [1.82, 2.24) is 5.32 Å². The first kappa shape index (κ1) is 13.5. The molecule has 0 amide bonds. The minimum absolute atomic E-state index is 0.0723. The molecule has 3 nitrogen and oxygen atoms in total. The monoisotopic (exact) mass is 261 g/mol. The molecule has 1 aromatic rings. The Morgan fingerprint density at radius 2 is 2.06 bits per heavy atom. The summed E-state index contributed by atoms with van der Waals surface area (Å²) in [6, 6.07) is 5.38. The number of nitrogens with one attached hydrogen (secondary N) is 1. The largest absolute Gasteiger partial charge is 0.312 e. The third-order valence-corrected chi connectivity index (χ3v) is 3.76. The molecule has 0 saturated carbocycles. The lowest BCUT2D eigenvalue weighted by atomic mass is 10.1. The molecular formula is C11H16ClNO2S. The van der Waals surface area contributed by atoms with E-state index >= 15 is 0 Å². The highest BCUT2D eigenvalue weighted by Gasteiger charge is 2.16. The summed E-state index contributed by atoms with van der Waals surface area (Å²) in [4.78, 5) is 0. The summed E-state index contributed by atoms with van der Waals surface area (Å²) in [6.45, 7) is 1.91. The van der Waals surface area contributed by atoms with Crippen molar-refractivity contribution in [2.24, 2.45) is 0 Å². The molecule has 0 bridgehead atoms. The molecule has 0 aliphatic rings. The van der Waals surface area contributed by atoms with E-state index in [4.69, 9.17) is 11.6 Å². The van der Waals surface area contributed by atoms with Crippen molar-refractivity contribution >= 4 is 21.4 Å². The predicted octanol–water partition coefficient (Wildman–Crippen LogP) is 1.95. The Hall–Kier alpha value is -0.580. The molecule has 0 fully saturated rings. The van der Waals surface area contributed by atoms with Crippen LogP contribution in [0.3, 0.4) is 0 Å². The quantitative estimate of drug-likeness (QED) is 0.901. The van der Waals surface area contributed by atoms with E-state index in [1.165, 1.54) is 6.26 Å². The standard InChI is InChI=1S/C11H16ClNO2S/c1-8-4-5-9(6-10(8)12)11(13-2)7-16(3,14)15/h4-6,11,13H,7H2,1-3H3. The minimum Gasteiger partial charge on any atom is -0.312 e. The van der Waals surface area contributed by atoms with Gasteiger partial charge in [0.1, 0.15) is 9.84 Å². The summed E-state index contributed by atoms with van der Waals surface area (Å²) in [5.41, 5.74) is 1.88. The molecule has 0 aliphatic heterocycles. The zero-order chi connectivity index (χ0) is 12.3. The van der Waals surface area contributed by atoms with E-state index in [1.807, 2.05) is 25.1 Å². The second kappa shape index (κ2) is 5.17. The Kier molecular flexibility index (Phi) is 4.35. The first-order chi connectivity index (χ1) is 7.33. The van der Waals surface area contributed by atoms with Crippen LogP contribution in [0.2, 0.25) is 5.02 Å². The molecule has 90 valence electrons. The molecule has 0 spiro atoms. The maximum absolute atomic E-state index is 11.3. The van der Waals surface area contributed by atoms with Crippen molar-refractivity contribution in [3.05, 3.63) is 34.3 Å². The van der Waals surface area contributed by atoms with Gasteiger partial charge in [-0.05, 0) is 31.2 Å². The summed E-state index contributed by atoms with van der Waals surface area (Å²) in [7, 11) is -1.27. The van der Waals surface area contributed by atoms with Crippen molar-refractivity contribution in [3.63, 3.8) is 0 Å². The number of hydrogen-bond acceptors (Lipinski definition) is 3. The summed E-state index contributed by atoms with van der Waals surface area (Å²) >= 11 is 6.01. The van der Waals surface area contributed by atoms with Gasteiger partial charge in [-0.25, -0.2) is 8.42 Å². The third-order valence-electron chi connectivity index (χ3n) is 2.42. The van der Waals surface area contributed by atoms with Gasteiger partial charge in [-0.3, -0.25) is 0 Å². The summed E-state index contributed by atoms with van der Waals surface area (Å²) in [5.74, 6) is 0.0723. The van der Waals surface area contributed by atoms with E-state index in [2.05, 4.69) is 5.32 Å². The molecule has 1 aromatic carbocycles. The van der Waals surface area contributed by atoms with E-state index in [-0.39, 0.29) is 11.8 Å². The van der Waals surface area contributed by atoms with E-state index in [1.54, 1.807) is 7.05 Å². The summed E-state index contributed by atoms with van der Waals surface area (Å²) in [6.07, 6.45) is 1.23. The first-order valence-electron chi connectivity index (χ1n) is 4.94. The van der Waals surface area contributed by atoms with Crippen LogP contribution in [0.5, 0.6) is 0 Å². The fourth-order valence-electron chi connectivity index (χ4n) is 1.47. The lowest BCUT2D eigenvalue weighted by Gasteiger charge is -2.16. The smallest absolute Gasteiger partial charge is 0.149 e. The molecule has 1 unspecified atom stereocenters. The zero-order valence-corrected chi connectivity index (χ0v) is 11.2. The van der Waals surface area contributed by atoms with Crippen LogP contribution in [-0.2, 0) is 9.84 Å². The van der Waals surface area contributed by atoms with Gasteiger partial charge in [0, 0.05) is 17.3 Å². The van der Waals surface area contributed by atoms with Crippen LogP contribution in [-0.4, -0.2) is 27.5 Å². The lowest BCUT2D eigenvalue weighted by Crippen LogP contribution is -2.24. The van der Waals surface area contributed by atoms with Crippen LogP contribution in [0.1, 0.15) is 17.2 Å². The summed E-state index contributed by atoms with van der Waals surface area (Å²) < 4.78 is 22.5. The van der Waals surface area contributed by atoms with E-state index < -0.39 is 9.84 Å². The maximum Gasteiger partial charge on any atom is 0.149 e. The maximum atomic E-state index is 11.3. The van der Waals surface area contributed by atoms with Crippen molar-refractivity contribution in [1.29, 1.82) is 0 Å². The molecule has 16 heavy (non-hydrogen) atoms. The number of hydrogen-bond donors (Lipinski definition) is 1. The summed E-state index contributed by atoms with van der Waals surface area (Å²) in [5, 5.41) is 3.64.